The van der Waals surface area contributed by atoms with Crippen molar-refractivity contribution in [1.82, 2.24) is 10.2 Å². The monoisotopic (exact) mass is 332 g/mol. The Labute approximate surface area is 140 Å². The molecule has 5 nitrogen and oxygen atoms in total. The minimum atomic E-state index is -1.34. The van der Waals surface area contributed by atoms with Crippen LogP contribution in [0.1, 0.15) is 31.2 Å². The van der Waals surface area contributed by atoms with Crippen LogP contribution in [0.3, 0.4) is 0 Å². The number of benzene rings is 1. The lowest BCUT2D eigenvalue weighted by Crippen LogP contribution is -2.59. The molecule has 6 heteroatoms. The van der Waals surface area contributed by atoms with Gasteiger partial charge in [-0.25, -0.2) is 9.18 Å². The first kappa shape index (κ1) is 15.4. The SMILES string of the molecule is O=C1NC2(CO1)CC(C(=O)N1CCC(F)(c3ccccc3)CC1)C2. The Morgan fingerprint density at radius 2 is 1.88 bits per heavy atom. The molecule has 2 amide bonds. The van der Waals surface area contributed by atoms with E-state index in [-0.39, 0.29) is 17.4 Å². The Balaban J connectivity index is 1.33. The minimum Gasteiger partial charge on any atom is -0.447 e. The van der Waals surface area contributed by atoms with E-state index in [4.69, 9.17) is 4.74 Å². The van der Waals surface area contributed by atoms with E-state index in [1.165, 1.54) is 0 Å². The van der Waals surface area contributed by atoms with Crippen molar-refractivity contribution in [1.29, 1.82) is 0 Å². The van der Waals surface area contributed by atoms with Crippen molar-refractivity contribution in [3.8, 4) is 0 Å². The topological polar surface area (TPSA) is 58.6 Å². The zero-order valence-corrected chi connectivity index (χ0v) is 13.5. The van der Waals surface area contributed by atoms with Crippen LogP contribution in [-0.2, 0) is 15.2 Å². The lowest BCUT2D eigenvalue weighted by atomic mass is 9.68. The number of hydrogen-bond acceptors (Lipinski definition) is 3. The van der Waals surface area contributed by atoms with Gasteiger partial charge in [0, 0.05) is 31.8 Å². The number of alkyl carbamates (subject to hydrolysis) is 1. The second kappa shape index (κ2) is 5.46. The normalized spacial score (nSPS) is 31.3. The number of amides is 2. The first-order chi connectivity index (χ1) is 11.5. The maximum absolute atomic E-state index is 15.1. The Hall–Kier alpha value is -2.11. The summed E-state index contributed by atoms with van der Waals surface area (Å²) in [5.41, 5.74) is -0.988. The fourth-order valence-electron chi connectivity index (χ4n) is 4.14. The van der Waals surface area contributed by atoms with Crippen molar-refractivity contribution in [2.45, 2.75) is 36.9 Å². The lowest BCUT2D eigenvalue weighted by Gasteiger charge is -2.45. The molecule has 1 aliphatic carbocycles. The van der Waals surface area contributed by atoms with E-state index in [1.807, 2.05) is 30.3 Å². The van der Waals surface area contributed by atoms with Crippen LogP contribution in [0.4, 0.5) is 9.18 Å². The molecular weight excluding hydrogens is 311 g/mol. The molecule has 0 bridgehead atoms. The van der Waals surface area contributed by atoms with Crippen molar-refractivity contribution in [2.75, 3.05) is 19.7 Å². The van der Waals surface area contributed by atoms with E-state index in [1.54, 1.807) is 4.90 Å². The number of ether oxygens (including phenoxy) is 1. The molecule has 1 saturated carbocycles. The highest BCUT2D eigenvalue weighted by atomic mass is 19.1. The zero-order chi connectivity index (χ0) is 16.8. The van der Waals surface area contributed by atoms with Crippen LogP contribution in [0.25, 0.3) is 0 Å². The average Bonchev–Trinajstić information content (AvgIpc) is 2.97. The number of likely N-dealkylation sites (tertiary alicyclic amines) is 1. The predicted octanol–water partition coefficient (Wildman–Crippen LogP) is 2.36. The van der Waals surface area contributed by atoms with Crippen LogP contribution in [0.5, 0.6) is 0 Å². The van der Waals surface area contributed by atoms with Crippen molar-refractivity contribution in [3.05, 3.63) is 35.9 Å². The molecule has 1 spiro atoms. The number of piperidine rings is 1. The summed E-state index contributed by atoms with van der Waals surface area (Å²) in [4.78, 5) is 25.5. The quantitative estimate of drug-likeness (QED) is 0.904. The number of alkyl halides is 1. The Morgan fingerprint density at radius 3 is 2.46 bits per heavy atom. The van der Waals surface area contributed by atoms with Gasteiger partial charge in [0.15, 0.2) is 0 Å². The summed E-state index contributed by atoms with van der Waals surface area (Å²) in [5.74, 6) is -0.00674. The van der Waals surface area contributed by atoms with Gasteiger partial charge in [-0.15, -0.1) is 0 Å². The summed E-state index contributed by atoms with van der Waals surface area (Å²) in [7, 11) is 0. The third-order valence-corrected chi connectivity index (χ3v) is 5.63. The van der Waals surface area contributed by atoms with Crippen LogP contribution in [0.15, 0.2) is 30.3 Å². The summed E-state index contributed by atoms with van der Waals surface area (Å²) in [6, 6.07) is 9.20. The van der Waals surface area contributed by atoms with Gasteiger partial charge in [-0.1, -0.05) is 30.3 Å². The van der Waals surface area contributed by atoms with Crippen LogP contribution in [0.2, 0.25) is 0 Å². The van der Waals surface area contributed by atoms with Crippen molar-refractivity contribution < 1.29 is 18.7 Å². The predicted molar refractivity (Wildman–Crippen MR) is 85.0 cm³/mol. The number of carbonyl (C=O) groups is 2. The Morgan fingerprint density at radius 1 is 1.21 bits per heavy atom. The highest BCUT2D eigenvalue weighted by Crippen LogP contribution is 2.43. The van der Waals surface area contributed by atoms with Gasteiger partial charge in [-0.3, -0.25) is 4.79 Å². The van der Waals surface area contributed by atoms with Gasteiger partial charge < -0.3 is 15.0 Å². The molecule has 1 N–H and O–H groups in total. The molecule has 0 atom stereocenters. The van der Waals surface area contributed by atoms with E-state index in [2.05, 4.69) is 5.32 Å². The maximum atomic E-state index is 15.1. The van der Waals surface area contributed by atoms with E-state index >= 15 is 4.39 Å². The Bertz CT molecular complexity index is 649. The number of nitrogens with zero attached hydrogens (tertiary/aromatic N) is 1. The van der Waals surface area contributed by atoms with E-state index in [0.717, 1.165) is 0 Å². The summed E-state index contributed by atoms with van der Waals surface area (Å²) in [6.07, 6.45) is 1.51. The highest BCUT2D eigenvalue weighted by Gasteiger charge is 2.53. The second-order valence-electron chi connectivity index (χ2n) is 7.24. The van der Waals surface area contributed by atoms with Gasteiger partial charge in [-0.05, 0) is 18.4 Å². The minimum absolute atomic E-state index is 0.0804. The summed E-state index contributed by atoms with van der Waals surface area (Å²) >= 11 is 0. The maximum Gasteiger partial charge on any atom is 0.407 e. The zero-order valence-electron chi connectivity index (χ0n) is 13.5. The molecule has 1 aromatic rings. The molecular formula is C18H21FN2O3. The number of halogens is 1. The third-order valence-electron chi connectivity index (χ3n) is 5.63. The number of cyclic esters (lactones) is 1. The number of hydrogen-bond donors (Lipinski definition) is 1. The van der Waals surface area contributed by atoms with Crippen LogP contribution in [-0.4, -0.2) is 42.1 Å². The number of rotatable bonds is 2. The van der Waals surface area contributed by atoms with Crippen LogP contribution < -0.4 is 5.32 Å². The molecule has 0 unspecified atom stereocenters. The van der Waals surface area contributed by atoms with Gasteiger partial charge >= 0.3 is 6.09 Å². The van der Waals surface area contributed by atoms with Crippen LogP contribution >= 0.6 is 0 Å². The summed E-state index contributed by atoms with van der Waals surface area (Å²) in [6.45, 7) is 1.23. The highest BCUT2D eigenvalue weighted by molar-refractivity contribution is 5.81. The van der Waals surface area contributed by atoms with Gasteiger partial charge in [0.2, 0.25) is 5.91 Å². The van der Waals surface area contributed by atoms with Gasteiger partial charge in [-0.2, -0.15) is 0 Å². The molecule has 4 rings (SSSR count). The largest absolute Gasteiger partial charge is 0.447 e. The molecule has 3 aliphatic rings. The van der Waals surface area contributed by atoms with Crippen molar-refractivity contribution in [3.63, 3.8) is 0 Å². The third kappa shape index (κ3) is 2.54. The molecule has 2 aliphatic heterocycles. The van der Waals surface area contributed by atoms with Gasteiger partial charge in [0.25, 0.3) is 0 Å². The van der Waals surface area contributed by atoms with E-state index in [9.17, 15) is 9.59 Å². The van der Waals surface area contributed by atoms with Gasteiger partial charge in [0.05, 0.1) is 5.54 Å². The fourth-order valence-corrected chi connectivity index (χ4v) is 4.14. The van der Waals surface area contributed by atoms with Crippen molar-refractivity contribution in [2.24, 2.45) is 5.92 Å². The summed E-state index contributed by atoms with van der Waals surface area (Å²) in [5, 5.41) is 2.80. The van der Waals surface area contributed by atoms with Crippen molar-refractivity contribution >= 4 is 12.0 Å². The molecule has 2 heterocycles. The summed E-state index contributed by atoms with van der Waals surface area (Å²) < 4.78 is 20.1. The molecule has 24 heavy (non-hydrogen) atoms. The lowest BCUT2D eigenvalue weighted by molar-refractivity contribution is -0.144. The molecule has 3 fully saturated rings. The molecule has 128 valence electrons. The van der Waals surface area contributed by atoms with Crippen LogP contribution in [0, 0.1) is 5.92 Å². The van der Waals surface area contributed by atoms with Gasteiger partial charge in [0.1, 0.15) is 12.3 Å². The van der Waals surface area contributed by atoms with E-state index < -0.39 is 11.8 Å². The molecule has 2 saturated heterocycles. The first-order valence-corrected chi connectivity index (χ1v) is 8.48. The number of carbonyl (C=O) groups excluding carboxylic acids is 2. The standard InChI is InChI=1S/C18H21FN2O3/c19-18(14-4-2-1-3-5-14)6-8-21(9-7-18)15(22)13-10-17(11-13)12-24-16(23)20-17/h1-5,13H,6-12H2,(H,20,23). The molecule has 0 radical (unpaired) electrons. The second-order valence-corrected chi connectivity index (χ2v) is 7.24. The molecule has 0 aromatic heterocycles. The first-order valence-electron chi connectivity index (χ1n) is 8.48. The Kier molecular flexibility index (Phi) is 3.51. The fraction of sp³-hybridized carbons (Fsp3) is 0.556. The van der Waals surface area contributed by atoms with E-state index in [0.29, 0.717) is 50.9 Å². The number of nitrogens with one attached hydrogen (secondary N) is 1. The smallest absolute Gasteiger partial charge is 0.407 e. The molecule has 1 aromatic carbocycles. The average molecular weight is 332 g/mol.